The number of carbonyl (C=O) groups is 1. The lowest BCUT2D eigenvalue weighted by Crippen LogP contribution is -2.36. The third-order valence-corrected chi connectivity index (χ3v) is 4.33. The Morgan fingerprint density at radius 3 is 2.74 bits per heavy atom. The van der Waals surface area contributed by atoms with Crippen LogP contribution in [0.5, 0.6) is 0 Å². The lowest BCUT2D eigenvalue weighted by Gasteiger charge is -2.19. The number of halogens is 1. The van der Waals surface area contributed by atoms with Gasteiger partial charge in [-0.05, 0) is 37.5 Å². The molecule has 124 valence electrons. The average Bonchev–Trinajstić information content (AvgIpc) is 3.17. The molecule has 1 saturated heterocycles. The molecule has 0 unspecified atom stereocenters. The first-order chi connectivity index (χ1) is 11.1. The number of urea groups is 1. The molecule has 1 aromatic carbocycles. The molecular weight excluding hydrogens is 297 g/mol. The van der Waals surface area contributed by atoms with E-state index in [9.17, 15) is 9.18 Å². The highest BCUT2D eigenvalue weighted by atomic mass is 19.1. The number of nitrogens with zero attached hydrogens (tertiary/aromatic N) is 1. The SMILES string of the molecule is O=C(Nc1cc(F)cc(N2CCCC2)c1)N[C@@H]1C=C[C@H](CO)C1. The predicted octanol–water partition coefficient (Wildman–Crippen LogP) is 2.48. The van der Waals surface area contributed by atoms with Gasteiger partial charge in [0.2, 0.25) is 0 Å². The molecule has 1 heterocycles. The normalized spacial score (nSPS) is 23.3. The minimum absolute atomic E-state index is 0.0827. The van der Waals surface area contributed by atoms with Crippen molar-refractivity contribution in [2.45, 2.75) is 25.3 Å². The molecule has 3 rings (SSSR count). The van der Waals surface area contributed by atoms with Crippen LogP contribution < -0.4 is 15.5 Å². The van der Waals surface area contributed by atoms with Crippen LogP contribution in [-0.2, 0) is 0 Å². The third-order valence-electron chi connectivity index (χ3n) is 4.33. The maximum Gasteiger partial charge on any atom is 0.319 e. The van der Waals surface area contributed by atoms with Crippen LogP contribution in [0.4, 0.5) is 20.6 Å². The molecule has 0 saturated carbocycles. The summed E-state index contributed by atoms with van der Waals surface area (Å²) in [5.41, 5.74) is 1.25. The fraction of sp³-hybridized carbons (Fsp3) is 0.471. The van der Waals surface area contributed by atoms with Gasteiger partial charge in [0.05, 0.1) is 0 Å². The number of amides is 2. The van der Waals surface area contributed by atoms with E-state index in [1.165, 1.54) is 12.1 Å². The van der Waals surface area contributed by atoms with Crippen LogP contribution in [-0.4, -0.2) is 36.9 Å². The van der Waals surface area contributed by atoms with Crippen LogP contribution in [0.25, 0.3) is 0 Å². The van der Waals surface area contributed by atoms with Crippen molar-refractivity contribution in [3.8, 4) is 0 Å². The Kier molecular flexibility index (Phi) is 4.81. The van der Waals surface area contributed by atoms with Crippen molar-refractivity contribution in [1.29, 1.82) is 0 Å². The van der Waals surface area contributed by atoms with E-state index in [-0.39, 0.29) is 30.4 Å². The monoisotopic (exact) mass is 319 g/mol. The van der Waals surface area contributed by atoms with Gasteiger partial charge in [0.25, 0.3) is 0 Å². The lowest BCUT2D eigenvalue weighted by atomic mass is 10.1. The zero-order valence-corrected chi connectivity index (χ0v) is 13.0. The molecule has 2 atom stereocenters. The van der Waals surface area contributed by atoms with Crippen LogP contribution in [0.1, 0.15) is 19.3 Å². The molecule has 23 heavy (non-hydrogen) atoms. The number of anilines is 2. The Morgan fingerprint density at radius 2 is 2.04 bits per heavy atom. The van der Waals surface area contributed by atoms with Gasteiger partial charge in [-0.1, -0.05) is 12.2 Å². The predicted molar refractivity (Wildman–Crippen MR) is 88.1 cm³/mol. The van der Waals surface area contributed by atoms with Crippen molar-refractivity contribution < 1.29 is 14.3 Å². The summed E-state index contributed by atoms with van der Waals surface area (Å²) in [5, 5.41) is 14.6. The number of benzene rings is 1. The zero-order valence-electron chi connectivity index (χ0n) is 13.0. The average molecular weight is 319 g/mol. The first kappa shape index (κ1) is 15.8. The summed E-state index contributed by atoms with van der Waals surface area (Å²) < 4.78 is 13.8. The highest BCUT2D eigenvalue weighted by Gasteiger charge is 2.20. The van der Waals surface area contributed by atoms with E-state index in [0.29, 0.717) is 12.1 Å². The summed E-state index contributed by atoms with van der Waals surface area (Å²) >= 11 is 0. The van der Waals surface area contributed by atoms with Gasteiger partial charge >= 0.3 is 6.03 Å². The molecule has 2 amide bonds. The van der Waals surface area contributed by atoms with E-state index in [1.807, 2.05) is 12.2 Å². The van der Waals surface area contributed by atoms with Crippen LogP contribution in [0.15, 0.2) is 30.4 Å². The Bertz CT molecular complexity index is 600. The standard InChI is InChI=1S/C17H22FN3O2/c18-13-8-15(10-16(9-13)21-5-1-2-6-21)20-17(23)19-14-4-3-12(7-14)11-22/h3-4,8-10,12,14,22H,1-2,5-7,11H2,(H2,19,20,23)/t12-,14+/m0/s1. The van der Waals surface area contributed by atoms with Crippen molar-refractivity contribution in [3.63, 3.8) is 0 Å². The maximum absolute atomic E-state index is 13.8. The fourth-order valence-electron chi connectivity index (χ4n) is 3.16. The molecule has 3 N–H and O–H groups in total. The van der Waals surface area contributed by atoms with Gasteiger partial charge in [-0.2, -0.15) is 0 Å². The zero-order chi connectivity index (χ0) is 16.2. The maximum atomic E-state index is 13.8. The summed E-state index contributed by atoms with van der Waals surface area (Å²) in [4.78, 5) is 14.2. The van der Waals surface area contributed by atoms with Crippen LogP contribution in [0, 0.1) is 11.7 Å². The largest absolute Gasteiger partial charge is 0.396 e. The van der Waals surface area contributed by atoms with Gasteiger partial charge in [0.15, 0.2) is 0 Å². The summed E-state index contributed by atoms with van der Waals surface area (Å²) in [6.07, 6.45) is 6.69. The first-order valence-corrected chi connectivity index (χ1v) is 8.06. The molecule has 1 aliphatic carbocycles. The van der Waals surface area contributed by atoms with E-state index in [4.69, 9.17) is 5.11 Å². The number of hydrogen-bond donors (Lipinski definition) is 3. The van der Waals surface area contributed by atoms with Crippen LogP contribution in [0.3, 0.4) is 0 Å². The Balaban J connectivity index is 1.61. The van der Waals surface area contributed by atoms with Crippen molar-refractivity contribution in [1.82, 2.24) is 5.32 Å². The second-order valence-electron chi connectivity index (χ2n) is 6.16. The van der Waals surface area contributed by atoms with Gasteiger partial charge in [-0.3, -0.25) is 0 Å². The highest BCUT2D eigenvalue weighted by Crippen LogP contribution is 2.25. The molecular formula is C17H22FN3O2. The van der Waals surface area contributed by atoms with Gasteiger partial charge in [-0.25, -0.2) is 9.18 Å². The third kappa shape index (κ3) is 4.01. The van der Waals surface area contributed by atoms with E-state index in [1.54, 1.807) is 6.07 Å². The number of nitrogens with one attached hydrogen (secondary N) is 2. The summed E-state index contributed by atoms with van der Waals surface area (Å²) in [6.45, 7) is 1.93. The van der Waals surface area contributed by atoms with Crippen molar-refractivity contribution in [2.24, 2.45) is 5.92 Å². The minimum Gasteiger partial charge on any atom is -0.396 e. The van der Waals surface area contributed by atoms with Gasteiger partial charge in [-0.15, -0.1) is 0 Å². The van der Waals surface area contributed by atoms with Crippen molar-refractivity contribution in [2.75, 3.05) is 29.9 Å². The summed E-state index contributed by atoms with van der Waals surface area (Å²) in [5.74, 6) is -0.262. The number of aliphatic hydroxyl groups excluding tert-OH is 1. The number of carbonyl (C=O) groups excluding carboxylic acids is 1. The van der Waals surface area contributed by atoms with E-state index in [0.717, 1.165) is 31.6 Å². The highest BCUT2D eigenvalue weighted by molar-refractivity contribution is 5.90. The Morgan fingerprint density at radius 1 is 1.26 bits per heavy atom. The molecule has 2 aliphatic rings. The molecule has 1 aromatic rings. The summed E-state index contributed by atoms with van der Waals surface area (Å²) in [6, 6.07) is 4.16. The van der Waals surface area contributed by atoms with Gasteiger partial charge < -0.3 is 20.6 Å². The van der Waals surface area contributed by atoms with E-state index < -0.39 is 0 Å². The van der Waals surface area contributed by atoms with E-state index in [2.05, 4.69) is 15.5 Å². The molecule has 0 spiro atoms. The Labute approximate surface area is 135 Å². The topological polar surface area (TPSA) is 64.6 Å². The smallest absolute Gasteiger partial charge is 0.319 e. The van der Waals surface area contributed by atoms with Crippen molar-refractivity contribution in [3.05, 3.63) is 36.2 Å². The van der Waals surface area contributed by atoms with Gasteiger partial charge in [0.1, 0.15) is 5.82 Å². The molecule has 1 fully saturated rings. The van der Waals surface area contributed by atoms with Crippen LogP contribution >= 0.6 is 0 Å². The molecule has 0 aromatic heterocycles. The lowest BCUT2D eigenvalue weighted by molar-refractivity contribution is 0.238. The summed E-state index contributed by atoms with van der Waals surface area (Å²) in [7, 11) is 0. The Hall–Kier alpha value is -2.08. The van der Waals surface area contributed by atoms with Crippen LogP contribution in [0.2, 0.25) is 0 Å². The molecule has 0 bridgehead atoms. The quantitative estimate of drug-likeness (QED) is 0.747. The molecule has 5 nitrogen and oxygen atoms in total. The fourth-order valence-corrected chi connectivity index (χ4v) is 3.16. The first-order valence-electron chi connectivity index (χ1n) is 8.06. The second kappa shape index (κ2) is 7.00. The van der Waals surface area contributed by atoms with E-state index >= 15 is 0 Å². The number of rotatable bonds is 4. The number of hydrogen-bond acceptors (Lipinski definition) is 3. The molecule has 0 radical (unpaired) electrons. The second-order valence-corrected chi connectivity index (χ2v) is 6.16. The van der Waals surface area contributed by atoms with Gasteiger partial charge in [0, 0.05) is 43.0 Å². The molecule has 1 aliphatic heterocycles. The molecule has 6 heteroatoms. The minimum atomic E-state index is -0.365. The number of aliphatic hydroxyl groups is 1. The van der Waals surface area contributed by atoms with Crippen molar-refractivity contribution >= 4 is 17.4 Å².